The van der Waals surface area contributed by atoms with Crippen LogP contribution in [0.2, 0.25) is 0 Å². The lowest BCUT2D eigenvalue weighted by molar-refractivity contribution is -0.116. The molecule has 26 heavy (non-hydrogen) atoms. The molecule has 0 atom stereocenters. The van der Waals surface area contributed by atoms with Crippen molar-refractivity contribution >= 4 is 28.8 Å². The average Bonchev–Trinajstić information content (AvgIpc) is 3.13. The van der Waals surface area contributed by atoms with Crippen molar-refractivity contribution in [3.8, 4) is 0 Å². The molecule has 1 N–H and O–H groups in total. The maximum absolute atomic E-state index is 12.7. The number of furan rings is 1. The molecule has 0 aromatic carbocycles. The summed E-state index contributed by atoms with van der Waals surface area (Å²) < 4.78 is 16.2. The molecule has 0 saturated carbocycles. The minimum Gasteiger partial charge on any atom is -0.462 e. The van der Waals surface area contributed by atoms with E-state index in [9.17, 15) is 14.4 Å². The van der Waals surface area contributed by atoms with E-state index < -0.39 is 17.4 Å². The second kappa shape index (κ2) is 6.82. The second-order valence-electron chi connectivity index (χ2n) is 5.48. The molecule has 0 aliphatic rings. The molecule has 0 unspecified atom stereocenters. The van der Waals surface area contributed by atoms with E-state index in [2.05, 4.69) is 15.5 Å². The van der Waals surface area contributed by atoms with Crippen molar-refractivity contribution in [2.45, 2.75) is 27.3 Å². The molecule has 1 amide bonds. The van der Waals surface area contributed by atoms with E-state index in [-0.39, 0.29) is 41.4 Å². The summed E-state index contributed by atoms with van der Waals surface area (Å²) >= 11 is 0. The lowest BCUT2D eigenvalue weighted by atomic mass is 10.2. The summed E-state index contributed by atoms with van der Waals surface area (Å²) in [5.41, 5.74) is -0.554. The SMILES string of the molecule is CCOC(=O)c1c(C)oc2ncn(CC(=O)Nc3cc(C)on3)c(=O)c12. The van der Waals surface area contributed by atoms with Crippen LogP contribution in [0.1, 0.15) is 28.8 Å². The van der Waals surface area contributed by atoms with Crippen LogP contribution in [0, 0.1) is 13.8 Å². The van der Waals surface area contributed by atoms with Crippen molar-refractivity contribution in [1.29, 1.82) is 0 Å². The van der Waals surface area contributed by atoms with Gasteiger partial charge in [0, 0.05) is 6.07 Å². The number of ether oxygens (including phenoxy) is 1. The standard InChI is InChI=1S/C16H16N4O6/c1-4-24-16(23)12-9(3)25-14-13(12)15(22)20(7-17-14)6-11(21)18-10-5-8(2)26-19-10/h5,7H,4,6H2,1-3H3,(H,18,19,21). The molecule has 0 fully saturated rings. The largest absolute Gasteiger partial charge is 0.462 e. The number of esters is 1. The highest BCUT2D eigenvalue weighted by Crippen LogP contribution is 2.21. The fourth-order valence-corrected chi connectivity index (χ4v) is 2.46. The third kappa shape index (κ3) is 3.21. The number of carbonyl (C=O) groups is 2. The van der Waals surface area contributed by atoms with Crippen LogP contribution in [0.25, 0.3) is 11.1 Å². The van der Waals surface area contributed by atoms with Crippen LogP contribution < -0.4 is 10.9 Å². The summed E-state index contributed by atoms with van der Waals surface area (Å²) in [5.74, 6) is -0.180. The fraction of sp³-hybridized carbons (Fsp3) is 0.312. The smallest absolute Gasteiger partial charge is 0.342 e. The van der Waals surface area contributed by atoms with Gasteiger partial charge in [0.05, 0.1) is 6.61 Å². The molecule has 0 aliphatic heterocycles. The van der Waals surface area contributed by atoms with Crippen molar-refractivity contribution in [2.75, 3.05) is 11.9 Å². The van der Waals surface area contributed by atoms with E-state index in [1.54, 1.807) is 19.9 Å². The number of anilines is 1. The Kier molecular flexibility index (Phi) is 4.57. The number of rotatable bonds is 5. The number of nitrogens with zero attached hydrogens (tertiary/aromatic N) is 3. The molecular formula is C16H16N4O6. The number of fused-ring (bicyclic) bond motifs is 1. The molecule has 10 heteroatoms. The van der Waals surface area contributed by atoms with E-state index in [1.807, 2.05) is 0 Å². The summed E-state index contributed by atoms with van der Waals surface area (Å²) in [5, 5.41) is 6.13. The highest BCUT2D eigenvalue weighted by atomic mass is 16.5. The lowest BCUT2D eigenvalue weighted by Gasteiger charge is -2.05. The molecule has 3 rings (SSSR count). The second-order valence-corrected chi connectivity index (χ2v) is 5.48. The first-order chi connectivity index (χ1) is 12.4. The Morgan fingerprint density at radius 2 is 2.12 bits per heavy atom. The van der Waals surface area contributed by atoms with Gasteiger partial charge in [-0.3, -0.25) is 14.2 Å². The normalized spacial score (nSPS) is 10.9. The van der Waals surface area contributed by atoms with Crippen LogP contribution in [-0.4, -0.2) is 33.2 Å². The quantitative estimate of drug-likeness (QED) is 0.676. The van der Waals surface area contributed by atoms with Gasteiger partial charge < -0.3 is 19.0 Å². The first-order valence-electron chi connectivity index (χ1n) is 7.79. The van der Waals surface area contributed by atoms with Crippen LogP contribution in [0.15, 0.2) is 26.1 Å². The zero-order valence-corrected chi connectivity index (χ0v) is 14.4. The highest BCUT2D eigenvalue weighted by molar-refractivity contribution is 6.03. The number of hydrogen-bond acceptors (Lipinski definition) is 8. The molecule has 0 saturated heterocycles. The van der Waals surface area contributed by atoms with E-state index in [4.69, 9.17) is 13.7 Å². The predicted molar refractivity (Wildman–Crippen MR) is 88.8 cm³/mol. The van der Waals surface area contributed by atoms with Gasteiger partial charge in [0.2, 0.25) is 11.6 Å². The molecule has 3 aromatic rings. The first kappa shape index (κ1) is 17.4. The third-order valence-corrected chi connectivity index (χ3v) is 3.54. The Labute approximate surface area is 146 Å². The Bertz CT molecular complexity index is 1040. The van der Waals surface area contributed by atoms with Crippen molar-refractivity contribution in [3.05, 3.63) is 39.8 Å². The highest BCUT2D eigenvalue weighted by Gasteiger charge is 2.24. The zero-order chi connectivity index (χ0) is 18.8. The topological polar surface area (TPSA) is 129 Å². The lowest BCUT2D eigenvalue weighted by Crippen LogP contribution is -2.28. The minimum atomic E-state index is -0.678. The van der Waals surface area contributed by atoms with Crippen molar-refractivity contribution < 1.29 is 23.3 Å². The molecule has 3 heterocycles. The fourth-order valence-electron chi connectivity index (χ4n) is 2.46. The predicted octanol–water partition coefficient (Wildman–Crippen LogP) is 1.41. The molecular weight excluding hydrogens is 344 g/mol. The monoisotopic (exact) mass is 360 g/mol. The third-order valence-electron chi connectivity index (χ3n) is 3.54. The molecule has 0 aliphatic carbocycles. The summed E-state index contributed by atoms with van der Waals surface area (Å²) in [7, 11) is 0. The van der Waals surface area contributed by atoms with Crippen LogP contribution in [-0.2, 0) is 16.1 Å². The van der Waals surface area contributed by atoms with Gasteiger partial charge >= 0.3 is 5.97 Å². The average molecular weight is 360 g/mol. The molecule has 10 nitrogen and oxygen atoms in total. The van der Waals surface area contributed by atoms with Gasteiger partial charge in [0.25, 0.3) is 5.56 Å². The summed E-state index contributed by atoms with van der Waals surface area (Å²) in [6, 6.07) is 1.54. The van der Waals surface area contributed by atoms with E-state index in [0.29, 0.717) is 5.76 Å². The van der Waals surface area contributed by atoms with Crippen LogP contribution in [0.5, 0.6) is 0 Å². The zero-order valence-electron chi connectivity index (χ0n) is 14.4. The molecule has 0 bridgehead atoms. The maximum atomic E-state index is 12.7. The van der Waals surface area contributed by atoms with E-state index in [0.717, 1.165) is 4.57 Å². The van der Waals surface area contributed by atoms with Gasteiger partial charge in [0.15, 0.2) is 5.82 Å². The summed E-state index contributed by atoms with van der Waals surface area (Å²) in [4.78, 5) is 40.9. The van der Waals surface area contributed by atoms with Gasteiger partial charge in [-0.1, -0.05) is 5.16 Å². The van der Waals surface area contributed by atoms with Gasteiger partial charge in [0.1, 0.15) is 35.3 Å². The van der Waals surface area contributed by atoms with Crippen molar-refractivity contribution in [1.82, 2.24) is 14.7 Å². The molecule has 136 valence electrons. The Hall–Kier alpha value is -3.43. The number of aryl methyl sites for hydroxylation is 2. The Morgan fingerprint density at radius 1 is 1.35 bits per heavy atom. The Morgan fingerprint density at radius 3 is 2.77 bits per heavy atom. The van der Waals surface area contributed by atoms with Gasteiger partial charge in [-0.25, -0.2) is 9.78 Å². The van der Waals surface area contributed by atoms with Crippen molar-refractivity contribution in [2.24, 2.45) is 0 Å². The molecule has 3 aromatic heterocycles. The first-order valence-corrected chi connectivity index (χ1v) is 7.79. The number of aromatic nitrogens is 3. The van der Waals surface area contributed by atoms with Crippen LogP contribution >= 0.6 is 0 Å². The van der Waals surface area contributed by atoms with Gasteiger partial charge in [-0.2, -0.15) is 0 Å². The number of hydrogen-bond donors (Lipinski definition) is 1. The Balaban J connectivity index is 1.93. The minimum absolute atomic E-state index is 0.0133. The number of nitrogens with one attached hydrogen (secondary N) is 1. The van der Waals surface area contributed by atoms with Crippen molar-refractivity contribution in [3.63, 3.8) is 0 Å². The van der Waals surface area contributed by atoms with E-state index >= 15 is 0 Å². The number of amides is 1. The summed E-state index contributed by atoms with van der Waals surface area (Å²) in [6.45, 7) is 4.71. The van der Waals surface area contributed by atoms with Gasteiger partial charge in [-0.15, -0.1) is 0 Å². The van der Waals surface area contributed by atoms with Crippen LogP contribution in [0.3, 0.4) is 0 Å². The van der Waals surface area contributed by atoms with Gasteiger partial charge in [-0.05, 0) is 20.8 Å². The van der Waals surface area contributed by atoms with E-state index in [1.165, 1.54) is 13.3 Å². The molecule has 0 spiro atoms. The summed E-state index contributed by atoms with van der Waals surface area (Å²) in [6.07, 6.45) is 1.18. The number of carbonyl (C=O) groups excluding carboxylic acids is 2. The molecule has 0 radical (unpaired) electrons. The maximum Gasteiger partial charge on any atom is 0.342 e. The van der Waals surface area contributed by atoms with Crippen LogP contribution in [0.4, 0.5) is 5.82 Å².